The zero-order valence-corrected chi connectivity index (χ0v) is 12.0. The molecule has 3 nitrogen and oxygen atoms in total. The van der Waals surface area contributed by atoms with Gasteiger partial charge < -0.3 is 9.47 Å². The SMILES string of the molecule is COc1ccc(OC)c(C(C)N=Cc2ccccc2)c1. The van der Waals surface area contributed by atoms with Crippen LogP contribution in [0.2, 0.25) is 0 Å². The molecule has 1 atom stereocenters. The van der Waals surface area contributed by atoms with E-state index in [1.54, 1.807) is 14.2 Å². The average Bonchev–Trinajstić information content (AvgIpc) is 2.52. The van der Waals surface area contributed by atoms with Crippen molar-refractivity contribution in [2.75, 3.05) is 14.2 Å². The minimum Gasteiger partial charge on any atom is -0.497 e. The topological polar surface area (TPSA) is 30.8 Å². The molecule has 2 aromatic carbocycles. The summed E-state index contributed by atoms with van der Waals surface area (Å²) >= 11 is 0. The van der Waals surface area contributed by atoms with E-state index in [9.17, 15) is 0 Å². The van der Waals surface area contributed by atoms with Crippen LogP contribution < -0.4 is 9.47 Å². The molecule has 1 unspecified atom stereocenters. The first-order chi connectivity index (χ1) is 9.74. The molecule has 2 rings (SSSR count). The molecule has 0 aliphatic rings. The molecule has 0 saturated heterocycles. The summed E-state index contributed by atoms with van der Waals surface area (Å²) < 4.78 is 10.6. The second-order valence-electron chi connectivity index (χ2n) is 4.47. The van der Waals surface area contributed by atoms with Gasteiger partial charge in [-0.2, -0.15) is 0 Å². The fourth-order valence-corrected chi connectivity index (χ4v) is 1.98. The number of hydrogen-bond acceptors (Lipinski definition) is 3. The van der Waals surface area contributed by atoms with Crippen molar-refractivity contribution < 1.29 is 9.47 Å². The Labute approximate surface area is 119 Å². The van der Waals surface area contributed by atoms with Gasteiger partial charge in [0.15, 0.2) is 0 Å². The van der Waals surface area contributed by atoms with Gasteiger partial charge in [-0.05, 0) is 30.7 Å². The molecule has 0 bridgehead atoms. The van der Waals surface area contributed by atoms with E-state index < -0.39 is 0 Å². The fourth-order valence-electron chi connectivity index (χ4n) is 1.98. The van der Waals surface area contributed by atoms with Gasteiger partial charge in [-0.3, -0.25) is 4.99 Å². The predicted molar refractivity (Wildman–Crippen MR) is 82.0 cm³/mol. The maximum absolute atomic E-state index is 5.39. The zero-order valence-electron chi connectivity index (χ0n) is 12.0. The first-order valence-electron chi connectivity index (χ1n) is 6.54. The quantitative estimate of drug-likeness (QED) is 0.771. The van der Waals surface area contributed by atoms with Crippen molar-refractivity contribution in [2.45, 2.75) is 13.0 Å². The summed E-state index contributed by atoms with van der Waals surface area (Å²) in [5.74, 6) is 1.63. The van der Waals surface area contributed by atoms with Crippen LogP contribution in [0, 0.1) is 0 Å². The van der Waals surface area contributed by atoms with Gasteiger partial charge in [0.1, 0.15) is 11.5 Å². The van der Waals surface area contributed by atoms with Crippen molar-refractivity contribution in [3.63, 3.8) is 0 Å². The maximum Gasteiger partial charge on any atom is 0.124 e. The number of methoxy groups -OCH3 is 2. The van der Waals surface area contributed by atoms with Crippen molar-refractivity contribution in [1.29, 1.82) is 0 Å². The first kappa shape index (κ1) is 14.1. The lowest BCUT2D eigenvalue weighted by Crippen LogP contribution is -1.97. The van der Waals surface area contributed by atoms with Gasteiger partial charge in [-0.1, -0.05) is 30.3 Å². The molecule has 3 heteroatoms. The third kappa shape index (κ3) is 3.38. The standard InChI is InChI=1S/C17H19NO2/c1-13(18-12-14-7-5-4-6-8-14)16-11-15(19-2)9-10-17(16)20-3/h4-13H,1-3H3. The Bertz CT molecular complexity index is 579. The molecule has 0 aromatic heterocycles. The highest BCUT2D eigenvalue weighted by Crippen LogP contribution is 2.31. The number of nitrogens with zero attached hydrogens (tertiary/aromatic N) is 1. The summed E-state index contributed by atoms with van der Waals surface area (Å²) in [4.78, 5) is 4.59. The third-order valence-electron chi connectivity index (χ3n) is 3.13. The van der Waals surface area contributed by atoms with Gasteiger partial charge in [0, 0.05) is 11.8 Å². The van der Waals surface area contributed by atoms with Gasteiger partial charge in [-0.15, -0.1) is 0 Å². The molecule has 104 valence electrons. The van der Waals surface area contributed by atoms with E-state index in [2.05, 4.69) is 4.99 Å². The van der Waals surface area contributed by atoms with Gasteiger partial charge in [0.05, 0.1) is 20.3 Å². The zero-order chi connectivity index (χ0) is 14.4. The largest absolute Gasteiger partial charge is 0.497 e. The highest BCUT2D eigenvalue weighted by molar-refractivity contribution is 5.79. The number of benzene rings is 2. The molecule has 0 fully saturated rings. The van der Waals surface area contributed by atoms with Crippen LogP contribution in [0.25, 0.3) is 0 Å². The lowest BCUT2D eigenvalue weighted by atomic mass is 10.1. The van der Waals surface area contributed by atoms with E-state index in [-0.39, 0.29) is 6.04 Å². The fraction of sp³-hybridized carbons (Fsp3) is 0.235. The summed E-state index contributed by atoms with van der Waals surface area (Å²) in [6, 6.07) is 15.8. The average molecular weight is 269 g/mol. The van der Waals surface area contributed by atoms with Crippen molar-refractivity contribution in [2.24, 2.45) is 4.99 Å². The monoisotopic (exact) mass is 269 g/mol. The molecule has 0 heterocycles. The van der Waals surface area contributed by atoms with Crippen molar-refractivity contribution in [3.8, 4) is 11.5 Å². The maximum atomic E-state index is 5.39. The van der Waals surface area contributed by atoms with Crippen molar-refractivity contribution in [3.05, 3.63) is 59.7 Å². The Hall–Kier alpha value is -2.29. The molecule has 0 amide bonds. The van der Waals surface area contributed by atoms with Gasteiger partial charge >= 0.3 is 0 Å². The number of rotatable bonds is 5. The van der Waals surface area contributed by atoms with Crippen LogP contribution in [0.1, 0.15) is 24.1 Å². The lowest BCUT2D eigenvalue weighted by Gasteiger charge is -2.13. The lowest BCUT2D eigenvalue weighted by molar-refractivity contribution is 0.396. The second-order valence-corrected chi connectivity index (χ2v) is 4.47. The van der Waals surface area contributed by atoms with Crippen LogP contribution in [0.3, 0.4) is 0 Å². The molecule has 2 aromatic rings. The van der Waals surface area contributed by atoms with E-state index in [1.165, 1.54) is 0 Å². The van der Waals surface area contributed by atoms with Crippen LogP contribution in [0.15, 0.2) is 53.5 Å². The molecule has 0 aliphatic carbocycles. The van der Waals surface area contributed by atoms with Crippen LogP contribution in [-0.2, 0) is 0 Å². The molecule has 0 saturated carbocycles. The Morgan fingerprint density at radius 2 is 1.75 bits per heavy atom. The molecule has 0 spiro atoms. The van der Waals surface area contributed by atoms with E-state index in [0.717, 1.165) is 22.6 Å². The highest BCUT2D eigenvalue weighted by atomic mass is 16.5. The molecule has 0 radical (unpaired) electrons. The van der Waals surface area contributed by atoms with Crippen LogP contribution >= 0.6 is 0 Å². The molecular formula is C17H19NO2. The second kappa shape index (κ2) is 6.75. The predicted octanol–water partition coefficient (Wildman–Crippen LogP) is 3.88. The summed E-state index contributed by atoms with van der Waals surface area (Å²) in [6.45, 7) is 2.04. The first-order valence-corrected chi connectivity index (χ1v) is 6.54. The van der Waals surface area contributed by atoms with Crippen molar-refractivity contribution in [1.82, 2.24) is 0 Å². The van der Waals surface area contributed by atoms with Crippen LogP contribution in [0.5, 0.6) is 11.5 Å². The Morgan fingerprint density at radius 3 is 2.40 bits per heavy atom. The van der Waals surface area contributed by atoms with Crippen molar-refractivity contribution >= 4 is 6.21 Å². The normalized spacial score (nSPS) is 12.3. The van der Waals surface area contributed by atoms with Gasteiger partial charge in [0.2, 0.25) is 0 Å². The third-order valence-corrected chi connectivity index (χ3v) is 3.13. The molecular weight excluding hydrogens is 250 g/mol. The summed E-state index contributed by atoms with van der Waals surface area (Å²) in [5.41, 5.74) is 2.10. The Balaban J connectivity index is 2.24. The minimum absolute atomic E-state index is 0.000237. The number of aliphatic imine (C=N–C) groups is 1. The highest BCUT2D eigenvalue weighted by Gasteiger charge is 2.11. The summed E-state index contributed by atoms with van der Waals surface area (Å²) in [5, 5.41) is 0. The number of hydrogen-bond donors (Lipinski definition) is 0. The minimum atomic E-state index is 0.000237. The smallest absolute Gasteiger partial charge is 0.124 e. The van der Waals surface area contributed by atoms with Gasteiger partial charge in [0.25, 0.3) is 0 Å². The number of ether oxygens (including phenoxy) is 2. The molecule has 0 N–H and O–H groups in total. The Morgan fingerprint density at radius 1 is 1.00 bits per heavy atom. The molecule has 0 aliphatic heterocycles. The molecule has 20 heavy (non-hydrogen) atoms. The van der Waals surface area contributed by atoms with E-state index in [0.29, 0.717) is 0 Å². The van der Waals surface area contributed by atoms with Gasteiger partial charge in [-0.25, -0.2) is 0 Å². The van der Waals surface area contributed by atoms with E-state index in [4.69, 9.17) is 9.47 Å². The van der Waals surface area contributed by atoms with E-state index in [1.807, 2.05) is 61.7 Å². The summed E-state index contributed by atoms with van der Waals surface area (Å²) in [6.07, 6.45) is 1.88. The van der Waals surface area contributed by atoms with E-state index >= 15 is 0 Å². The van der Waals surface area contributed by atoms with Crippen LogP contribution in [-0.4, -0.2) is 20.4 Å². The van der Waals surface area contributed by atoms with Crippen LogP contribution in [0.4, 0.5) is 0 Å². The summed E-state index contributed by atoms with van der Waals surface area (Å²) in [7, 11) is 3.32. The Kier molecular flexibility index (Phi) is 4.77.